The Kier molecular flexibility index (Phi) is 6.37. The Bertz CT molecular complexity index is 1090. The van der Waals surface area contributed by atoms with Crippen LogP contribution in [0.25, 0.3) is 0 Å². The number of nitrogens with zero attached hydrogens (tertiary/aromatic N) is 4. The summed E-state index contributed by atoms with van der Waals surface area (Å²) in [7, 11) is 1.67. The van der Waals surface area contributed by atoms with E-state index in [9.17, 15) is 4.39 Å². The molecule has 0 unspecified atom stereocenters. The lowest BCUT2D eigenvalue weighted by Gasteiger charge is -2.32. The van der Waals surface area contributed by atoms with Gasteiger partial charge in [0.2, 0.25) is 11.8 Å². The number of hydrogen-bond donors (Lipinski definition) is 0. The van der Waals surface area contributed by atoms with Crippen LogP contribution < -0.4 is 14.4 Å². The van der Waals surface area contributed by atoms with E-state index in [0.717, 1.165) is 49.6 Å². The van der Waals surface area contributed by atoms with Gasteiger partial charge in [-0.05, 0) is 42.0 Å². The predicted octanol–water partition coefficient (Wildman–Crippen LogP) is 3.81. The largest absolute Gasteiger partial charge is 0.497 e. The summed E-state index contributed by atoms with van der Waals surface area (Å²) < 4.78 is 30.3. The summed E-state index contributed by atoms with van der Waals surface area (Å²) in [5.74, 6) is 2.30. The highest BCUT2D eigenvalue weighted by molar-refractivity contribution is 5.44. The van der Waals surface area contributed by atoms with Crippen molar-refractivity contribution in [3.05, 3.63) is 71.2 Å². The van der Waals surface area contributed by atoms with E-state index in [1.165, 1.54) is 17.7 Å². The smallest absolute Gasteiger partial charge is 0.229 e. The van der Waals surface area contributed by atoms with Gasteiger partial charge in [-0.25, -0.2) is 9.37 Å². The van der Waals surface area contributed by atoms with Crippen molar-refractivity contribution in [1.29, 1.82) is 0 Å². The van der Waals surface area contributed by atoms with Gasteiger partial charge in [0.15, 0.2) is 0 Å². The second-order valence-corrected chi connectivity index (χ2v) is 8.22. The van der Waals surface area contributed by atoms with Gasteiger partial charge in [0.05, 0.1) is 31.6 Å². The monoisotopic (exact) mass is 450 g/mol. The topological polar surface area (TPSA) is 60.0 Å². The zero-order chi connectivity index (χ0) is 22.6. The minimum Gasteiger partial charge on any atom is -0.497 e. The van der Waals surface area contributed by atoms with Crippen LogP contribution in [0.1, 0.15) is 16.8 Å². The third-order valence-electron chi connectivity index (χ3n) is 5.98. The molecule has 7 nitrogen and oxygen atoms in total. The quantitative estimate of drug-likeness (QED) is 0.566. The van der Waals surface area contributed by atoms with Crippen LogP contribution in [0.4, 0.5) is 10.3 Å². The fourth-order valence-electron chi connectivity index (χ4n) is 4.15. The van der Waals surface area contributed by atoms with Gasteiger partial charge in [0.25, 0.3) is 0 Å². The number of methoxy groups -OCH3 is 1. The molecule has 0 radical (unpaired) electrons. The van der Waals surface area contributed by atoms with Crippen molar-refractivity contribution >= 4 is 5.95 Å². The van der Waals surface area contributed by atoms with Crippen molar-refractivity contribution < 1.29 is 18.6 Å². The summed E-state index contributed by atoms with van der Waals surface area (Å²) >= 11 is 0. The first-order chi connectivity index (χ1) is 16.2. The summed E-state index contributed by atoms with van der Waals surface area (Å²) in [6.45, 7) is 5.20. The second kappa shape index (κ2) is 9.72. The molecule has 1 fully saturated rings. The number of halogens is 1. The molecule has 3 aromatic rings. The molecule has 0 aliphatic carbocycles. The number of rotatable bonds is 6. The fraction of sp³-hybridized carbons (Fsp3) is 0.360. The summed E-state index contributed by atoms with van der Waals surface area (Å²) in [6.07, 6.45) is 0.811. The van der Waals surface area contributed by atoms with E-state index in [2.05, 4.69) is 21.9 Å². The number of benzene rings is 2. The highest BCUT2D eigenvalue weighted by Crippen LogP contribution is 2.32. The first-order valence-corrected chi connectivity index (χ1v) is 11.2. The van der Waals surface area contributed by atoms with Crippen LogP contribution in [0, 0.1) is 5.82 Å². The third kappa shape index (κ3) is 5.07. The van der Waals surface area contributed by atoms with E-state index in [0.29, 0.717) is 37.3 Å². The SMILES string of the molecule is COc1ccc(CN2CCc3nc(N4CCOCC4)nc(Oc4ccc(F)cc4)c3C2)cc1. The van der Waals surface area contributed by atoms with Crippen LogP contribution in [0.15, 0.2) is 48.5 Å². The first-order valence-electron chi connectivity index (χ1n) is 11.2. The van der Waals surface area contributed by atoms with Crippen molar-refractivity contribution in [2.24, 2.45) is 0 Å². The van der Waals surface area contributed by atoms with Gasteiger partial charge < -0.3 is 19.1 Å². The molecule has 33 heavy (non-hydrogen) atoms. The maximum atomic E-state index is 13.4. The van der Waals surface area contributed by atoms with Crippen LogP contribution in [0.5, 0.6) is 17.4 Å². The maximum Gasteiger partial charge on any atom is 0.229 e. The summed E-state index contributed by atoms with van der Waals surface area (Å²) in [6, 6.07) is 14.2. The number of hydrogen-bond acceptors (Lipinski definition) is 7. The maximum absolute atomic E-state index is 13.4. The van der Waals surface area contributed by atoms with E-state index in [1.54, 1.807) is 19.2 Å². The Balaban J connectivity index is 1.42. The Morgan fingerprint density at radius 2 is 1.67 bits per heavy atom. The van der Waals surface area contributed by atoms with E-state index < -0.39 is 0 Å². The molecule has 0 spiro atoms. The zero-order valence-corrected chi connectivity index (χ0v) is 18.7. The molecule has 0 saturated carbocycles. The van der Waals surface area contributed by atoms with E-state index in [4.69, 9.17) is 24.2 Å². The predicted molar refractivity (Wildman–Crippen MR) is 122 cm³/mol. The average Bonchev–Trinajstić information content (AvgIpc) is 2.86. The molecule has 0 bridgehead atoms. The normalized spacial score (nSPS) is 16.4. The van der Waals surface area contributed by atoms with Gasteiger partial charge >= 0.3 is 0 Å². The van der Waals surface area contributed by atoms with E-state index in [1.807, 2.05) is 12.1 Å². The van der Waals surface area contributed by atoms with Crippen LogP contribution in [-0.4, -0.2) is 54.8 Å². The molecule has 1 saturated heterocycles. The van der Waals surface area contributed by atoms with Crippen LogP contribution in [-0.2, 0) is 24.2 Å². The molecule has 2 aliphatic rings. The van der Waals surface area contributed by atoms with Crippen LogP contribution in [0.2, 0.25) is 0 Å². The Labute approximate surface area is 192 Å². The molecule has 0 N–H and O–H groups in total. The van der Waals surface area contributed by atoms with Gasteiger partial charge in [-0.15, -0.1) is 0 Å². The van der Waals surface area contributed by atoms with Gasteiger partial charge in [0.1, 0.15) is 17.3 Å². The molecular formula is C25H27FN4O3. The molecule has 2 aromatic carbocycles. The molecule has 172 valence electrons. The Morgan fingerprint density at radius 3 is 2.39 bits per heavy atom. The summed E-state index contributed by atoms with van der Waals surface area (Å²) in [5, 5.41) is 0. The highest BCUT2D eigenvalue weighted by atomic mass is 19.1. The van der Waals surface area contributed by atoms with Gasteiger partial charge in [-0.2, -0.15) is 4.98 Å². The van der Waals surface area contributed by atoms with Crippen molar-refractivity contribution in [3.8, 4) is 17.4 Å². The minimum atomic E-state index is -0.299. The molecule has 5 rings (SSSR count). The zero-order valence-electron chi connectivity index (χ0n) is 18.7. The summed E-state index contributed by atoms with van der Waals surface area (Å²) in [4.78, 5) is 14.2. The second-order valence-electron chi connectivity index (χ2n) is 8.22. The van der Waals surface area contributed by atoms with E-state index in [-0.39, 0.29) is 5.82 Å². The van der Waals surface area contributed by atoms with Crippen molar-refractivity contribution in [2.75, 3.05) is 44.9 Å². The lowest BCUT2D eigenvalue weighted by Crippen LogP contribution is -2.38. The van der Waals surface area contributed by atoms with Crippen LogP contribution >= 0.6 is 0 Å². The molecule has 2 aliphatic heterocycles. The highest BCUT2D eigenvalue weighted by Gasteiger charge is 2.26. The van der Waals surface area contributed by atoms with Crippen LogP contribution in [0.3, 0.4) is 0 Å². The van der Waals surface area contributed by atoms with Gasteiger partial charge in [0, 0.05) is 39.1 Å². The molecule has 1 aromatic heterocycles. The lowest BCUT2D eigenvalue weighted by atomic mass is 10.1. The van der Waals surface area contributed by atoms with Gasteiger partial charge in [-0.3, -0.25) is 4.90 Å². The van der Waals surface area contributed by atoms with Crippen molar-refractivity contribution in [2.45, 2.75) is 19.5 Å². The third-order valence-corrected chi connectivity index (χ3v) is 5.98. The van der Waals surface area contributed by atoms with Gasteiger partial charge in [-0.1, -0.05) is 12.1 Å². The number of morpholine rings is 1. The minimum absolute atomic E-state index is 0.299. The Hall–Kier alpha value is -3.23. The number of ether oxygens (including phenoxy) is 3. The standard InChI is InChI=1S/C25H27FN4O3/c1-31-20-6-2-18(3-7-20)16-29-11-10-23-22(17-29)24(33-21-8-4-19(26)5-9-21)28-25(27-23)30-12-14-32-15-13-30/h2-9H,10-17H2,1H3. The van der Waals surface area contributed by atoms with Crippen molar-refractivity contribution in [1.82, 2.24) is 14.9 Å². The molecule has 0 amide bonds. The molecule has 8 heteroatoms. The first kappa shape index (κ1) is 21.6. The Morgan fingerprint density at radius 1 is 0.939 bits per heavy atom. The number of anilines is 1. The molecule has 3 heterocycles. The lowest BCUT2D eigenvalue weighted by molar-refractivity contribution is 0.122. The van der Waals surface area contributed by atoms with E-state index >= 15 is 0 Å². The summed E-state index contributed by atoms with van der Waals surface area (Å²) in [5.41, 5.74) is 3.21. The fourth-order valence-corrected chi connectivity index (χ4v) is 4.15. The average molecular weight is 451 g/mol. The number of aromatic nitrogens is 2. The molecular weight excluding hydrogens is 423 g/mol. The molecule has 0 atom stereocenters. The number of fused-ring (bicyclic) bond motifs is 1. The van der Waals surface area contributed by atoms with Crippen molar-refractivity contribution in [3.63, 3.8) is 0 Å².